The zero-order valence-electron chi connectivity index (χ0n) is 17.2. The van der Waals surface area contributed by atoms with Crippen LogP contribution in [0, 0.1) is 23.2 Å². The smallest absolute Gasteiger partial charge is 0.371 e. The first kappa shape index (κ1) is 20.5. The van der Waals surface area contributed by atoms with Gasteiger partial charge in [-0.25, -0.2) is 0 Å². The molecule has 156 valence electrons. The van der Waals surface area contributed by atoms with Gasteiger partial charge in [-0.1, -0.05) is 19.9 Å². The van der Waals surface area contributed by atoms with Gasteiger partial charge >= 0.3 is 10.3 Å². The molecule has 0 radical (unpaired) electrons. The Morgan fingerprint density at radius 1 is 1.25 bits per heavy atom. The summed E-state index contributed by atoms with van der Waals surface area (Å²) in [5, 5.41) is 5.13. The number of fused-ring (bicyclic) bond motifs is 5. The highest BCUT2D eigenvalue weighted by molar-refractivity contribution is 7.98. The van der Waals surface area contributed by atoms with Crippen molar-refractivity contribution in [2.45, 2.75) is 64.7 Å². The average molecular weight is 424 g/mol. The molecule has 5 atom stereocenters. The number of rotatable bonds is 5. The minimum absolute atomic E-state index is 0.420. The second-order valence-electron chi connectivity index (χ2n) is 9.28. The van der Waals surface area contributed by atoms with Gasteiger partial charge in [0.05, 0.1) is 0 Å². The topological polar surface area (TPSA) is 69.4 Å². The zero-order chi connectivity index (χ0) is 20.1. The predicted molar refractivity (Wildman–Crippen MR) is 116 cm³/mol. The van der Waals surface area contributed by atoms with E-state index in [0.717, 1.165) is 36.2 Å². The molecule has 0 saturated heterocycles. The molecule has 28 heavy (non-hydrogen) atoms. The maximum atomic E-state index is 11.5. The van der Waals surface area contributed by atoms with E-state index in [0.29, 0.717) is 17.1 Å². The third kappa shape index (κ3) is 3.50. The molecule has 2 fully saturated rings. The summed E-state index contributed by atoms with van der Waals surface area (Å²) in [4.78, 5) is 0. The number of aryl methyl sites for hydroxylation is 2. The summed E-state index contributed by atoms with van der Waals surface area (Å²) in [6.45, 7) is 4.61. The van der Waals surface area contributed by atoms with Gasteiger partial charge in [-0.15, -0.1) is 0 Å². The van der Waals surface area contributed by atoms with Crippen LogP contribution < -0.4 is 9.32 Å². The van der Waals surface area contributed by atoms with E-state index in [1.165, 1.54) is 49.0 Å². The molecule has 6 heteroatoms. The van der Waals surface area contributed by atoms with Gasteiger partial charge in [0.15, 0.2) is 0 Å². The third-order valence-corrected chi connectivity index (χ3v) is 9.20. The Labute approximate surface area is 174 Å². The standard InChI is InChI=1S/C22H33NO3S2/c1-4-14-11-19-15(12-21(14)26-28(23,24)25)5-7-18-17(19)9-10-22(2)16(13-27-3)6-8-20(18)22/h11-12,16-18,20H,4-10,13H2,1-3H3,(H2,23,24,25)/t16-,17+,18-,20+,22-/m1/s1. The van der Waals surface area contributed by atoms with Crippen molar-refractivity contribution < 1.29 is 12.6 Å². The van der Waals surface area contributed by atoms with E-state index in [-0.39, 0.29) is 0 Å². The Kier molecular flexibility index (Phi) is 5.51. The summed E-state index contributed by atoms with van der Waals surface area (Å²) < 4.78 is 28.0. The largest absolute Gasteiger partial charge is 0.380 e. The second-order valence-corrected chi connectivity index (χ2v) is 11.3. The molecule has 0 amide bonds. The average Bonchev–Trinajstić information content (AvgIpc) is 2.96. The fraction of sp³-hybridized carbons (Fsp3) is 0.727. The molecule has 0 heterocycles. The second kappa shape index (κ2) is 7.51. The summed E-state index contributed by atoms with van der Waals surface area (Å²) in [5.74, 6) is 4.81. The Balaban J connectivity index is 1.66. The quantitative estimate of drug-likeness (QED) is 0.747. The van der Waals surface area contributed by atoms with Crippen molar-refractivity contribution in [2.75, 3.05) is 12.0 Å². The monoisotopic (exact) mass is 423 g/mol. The zero-order valence-corrected chi connectivity index (χ0v) is 18.9. The van der Waals surface area contributed by atoms with Gasteiger partial charge in [-0.3, -0.25) is 0 Å². The highest BCUT2D eigenvalue weighted by Crippen LogP contribution is 2.63. The van der Waals surface area contributed by atoms with Gasteiger partial charge in [-0.05, 0) is 109 Å². The number of hydrogen-bond acceptors (Lipinski definition) is 4. The SMILES string of the molecule is CCc1cc2c(cc1OS(N)(=O)=O)CC[C@@H]1[C@@H]2CC[C@]2(C)[C@@H](CSC)CC[C@@H]12. The molecule has 4 rings (SSSR count). The summed E-state index contributed by atoms with van der Waals surface area (Å²) in [5.41, 5.74) is 4.17. The first-order valence-corrected chi connectivity index (χ1v) is 13.5. The van der Waals surface area contributed by atoms with Gasteiger partial charge in [0.1, 0.15) is 5.75 Å². The van der Waals surface area contributed by atoms with Crippen molar-refractivity contribution in [1.29, 1.82) is 0 Å². The molecule has 0 spiro atoms. The van der Waals surface area contributed by atoms with Gasteiger partial charge in [0.25, 0.3) is 0 Å². The van der Waals surface area contributed by atoms with E-state index in [9.17, 15) is 8.42 Å². The number of hydrogen-bond donors (Lipinski definition) is 1. The van der Waals surface area contributed by atoms with Gasteiger partial charge in [0.2, 0.25) is 0 Å². The van der Waals surface area contributed by atoms with Crippen LogP contribution >= 0.6 is 11.8 Å². The fourth-order valence-electron chi connectivity index (χ4n) is 6.71. The molecular weight excluding hydrogens is 390 g/mol. The van der Waals surface area contributed by atoms with Crippen LogP contribution in [0.3, 0.4) is 0 Å². The van der Waals surface area contributed by atoms with Crippen LogP contribution in [0.1, 0.15) is 68.6 Å². The molecular formula is C22H33NO3S2. The molecule has 0 unspecified atom stereocenters. The summed E-state index contributed by atoms with van der Waals surface area (Å²) in [7, 11) is -3.99. The first-order chi connectivity index (χ1) is 13.3. The Bertz CT molecular complexity index is 854. The summed E-state index contributed by atoms with van der Waals surface area (Å²) >= 11 is 2.01. The normalized spacial score (nSPS) is 34.4. The lowest BCUT2D eigenvalue weighted by molar-refractivity contribution is 0.0349. The van der Waals surface area contributed by atoms with Crippen molar-refractivity contribution in [3.05, 3.63) is 28.8 Å². The molecule has 0 bridgehead atoms. The molecule has 4 nitrogen and oxygen atoms in total. The van der Waals surface area contributed by atoms with E-state index in [1.54, 1.807) is 0 Å². The van der Waals surface area contributed by atoms with Crippen LogP contribution in [0.4, 0.5) is 0 Å². The molecule has 1 aromatic rings. The third-order valence-electron chi connectivity index (χ3n) is 8.06. The lowest BCUT2D eigenvalue weighted by Gasteiger charge is -2.51. The Morgan fingerprint density at radius 2 is 2.04 bits per heavy atom. The van der Waals surface area contributed by atoms with E-state index >= 15 is 0 Å². The lowest BCUT2D eigenvalue weighted by atomic mass is 9.54. The molecule has 1 aromatic carbocycles. The number of benzene rings is 1. The summed E-state index contributed by atoms with van der Waals surface area (Å²) in [6.07, 6.45) is 10.6. The van der Waals surface area contributed by atoms with Crippen LogP contribution in [-0.4, -0.2) is 20.4 Å². The first-order valence-electron chi connectivity index (χ1n) is 10.6. The maximum absolute atomic E-state index is 11.5. The highest BCUT2D eigenvalue weighted by atomic mass is 32.2. The van der Waals surface area contributed by atoms with E-state index in [2.05, 4.69) is 19.2 Å². The molecule has 0 aliphatic heterocycles. The minimum Gasteiger partial charge on any atom is -0.371 e. The van der Waals surface area contributed by atoms with Gasteiger partial charge in [0, 0.05) is 0 Å². The van der Waals surface area contributed by atoms with Crippen molar-refractivity contribution >= 4 is 22.1 Å². The van der Waals surface area contributed by atoms with Crippen LogP contribution in [0.5, 0.6) is 5.75 Å². The van der Waals surface area contributed by atoms with E-state index < -0.39 is 10.3 Å². The van der Waals surface area contributed by atoms with Crippen LogP contribution in [0.15, 0.2) is 12.1 Å². The van der Waals surface area contributed by atoms with Crippen molar-refractivity contribution in [3.63, 3.8) is 0 Å². The predicted octanol–water partition coefficient (Wildman–Crippen LogP) is 4.67. The molecule has 2 N–H and O–H groups in total. The number of thioether (sulfide) groups is 1. The molecule has 2 saturated carbocycles. The highest BCUT2D eigenvalue weighted by Gasteiger charge is 2.54. The molecule has 3 aliphatic carbocycles. The van der Waals surface area contributed by atoms with Crippen LogP contribution in [0.25, 0.3) is 0 Å². The van der Waals surface area contributed by atoms with Crippen LogP contribution in [0.2, 0.25) is 0 Å². The lowest BCUT2D eigenvalue weighted by Crippen LogP contribution is -2.42. The Morgan fingerprint density at radius 3 is 2.71 bits per heavy atom. The van der Waals surface area contributed by atoms with Crippen molar-refractivity contribution in [3.8, 4) is 5.75 Å². The molecule has 3 aliphatic rings. The van der Waals surface area contributed by atoms with Crippen LogP contribution in [-0.2, 0) is 23.1 Å². The van der Waals surface area contributed by atoms with Gasteiger partial charge in [-0.2, -0.15) is 25.3 Å². The Hall–Kier alpha value is -0.720. The fourth-order valence-corrected chi connectivity index (χ4v) is 8.06. The number of nitrogens with two attached hydrogens (primary N) is 1. The van der Waals surface area contributed by atoms with E-state index in [1.807, 2.05) is 24.8 Å². The summed E-state index contributed by atoms with van der Waals surface area (Å²) in [6, 6.07) is 4.18. The maximum Gasteiger partial charge on any atom is 0.380 e. The minimum atomic E-state index is -3.99. The van der Waals surface area contributed by atoms with Gasteiger partial charge < -0.3 is 4.18 Å². The van der Waals surface area contributed by atoms with E-state index in [4.69, 9.17) is 9.32 Å². The molecule has 0 aromatic heterocycles. The van der Waals surface area contributed by atoms with Crippen molar-refractivity contribution in [1.82, 2.24) is 0 Å². The van der Waals surface area contributed by atoms with Crippen molar-refractivity contribution in [2.24, 2.45) is 28.3 Å².